The molecule has 3 aliphatic heterocycles. The summed E-state index contributed by atoms with van der Waals surface area (Å²) < 4.78 is 81.0. The van der Waals surface area contributed by atoms with Gasteiger partial charge in [-0.1, -0.05) is 184 Å². The maximum Gasteiger partial charge on any atom is 0.262 e. The van der Waals surface area contributed by atoms with Crippen molar-refractivity contribution in [3.05, 3.63) is 80.7 Å². The summed E-state index contributed by atoms with van der Waals surface area (Å²) >= 11 is 8.93. The Balaban J connectivity index is 1.08. The first-order valence-electron chi connectivity index (χ1n) is 35.1. The van der Waals surface area contributed by atoms with Gasteiger partial charge >= 0.3 is 0 Å². The van der Waals surface area contributed by atoms with Crippen molar-refractivity contribution in [2.45, 2.75) is 235 Å². The number of hydrogen-bond donors (Lipinski definition) is 0. The van der Waals surface area contributed by atoms with Crippen LogP contribution in [-0.2, 0) is 6.42 Å². The van der Waals surface area contributed by atoms with Gasteiger partial charge in [0.25, 0.3) is 11.8 Å². The summed E-state index contributed by atoms with van der Waals surface area (Å²) in [5.41, 5.74) is 3.38. The Labute approximate surface area is 571 Å². The van der Waals surface area contributed by atoms with Crippen LogP contribution in [0.15, 0.2) is 30.3 Å². The molecule has 6 aromatic heterocycles. The number of hydrogen-bond acceptors (Lipinski definition) is 10. The second-order valence-electron chi connectivity index (χ2n) is 27.5. The number of amides is 2. The van der Waals surface area contributed by atoms with Crippen molar-refractivity contribution in [2.24, 2.45) is 23.7 Å². The van der Waals surface area contributed by atoms with Crippen molar-refractivity contribution in [3.8, 4) is 60.6 Å². The van der Waals surface area contributed by atoms with Gasteiger partial charge in [-0.25, -0.2) is 17.6 Å². The minimum Gasteiger partial charge on any atom is -0.277 e. The predicted octanol–water partition coefficient (Wildman–Crippen LogP) is 23.1. The predicted molar refractivity (Wildman–Crippen MR) is 395 cm³/mol. The number of thiophene rings is 5. The van der Waals surface area contributed by atoms with Crippen molar-refractivity contribution in [1.29, 1.82) is 0 Å². The van der Waals surface area contributed by atoms with Gasteiger partial charge in [0.05, 0.1) is 34.0 Å². The zero-order valence-corrected chi connectivity index (χ0v) is 63.4. The van der Waals surface area contributed by atoms with Crippen LogP contribution in [0.1, 0.15) is 227 Å². The fourth-order valence-corrected chi connectivity index (χ4v) is 39.1. The number of carbonyl (C=O) groups is 2. The second-order valence-corrected chi connectivity index (χ2v) is 41.6. The van der Waals surface area contributed by atoms with Crippen LogP contribution >= 0.6 is 68.4 Å². The average Bonchev–Trinajstić information content (AvgIpc) is 1.55. The number of unbranched alkanes of at least 4 members (excludes halogenated alkanes) is 7. The van der Waals surface area contributed by atoms with Crippen LogP contribution < -0.4 is 20.7 Å². The lowest BCUT2D eigenvalue weighted by Crippen LogP contribution is -2.56. The smallest absolute Gasteiger partial charge is 0.262 e. The van der Waals surface area contributed by atoms with Gasteiger partial charge in [-0.05, 0) is 137 Å². The number of imide groups is 1. The first-order chi connectivity index (χ1) is 44.4. The Bertz CT molecular complexity index is 3930. The zero-order valence-electron chi connectivity index (χ0n) is 56.5. The monoisotopic (exact) mass is 1390 g/mol. The molecule has 17 heteroatoms. The minimum atomic E-state index is -2.87. The molecule has 11 rings (SSSR count). The molecule has 0 aliphatic carbocycles. The van der Waals surface area contributed by atoms with Crippen LogP contribution in [0.4, 0.5) is 17.6 Å². The summed E-state index contributed by atoms with van der Waals surface area (Å²) in [5.74, 6) is -4.08. The molecule has 8 aromatic rings. The molecular formula is C75H95F4N3O2S6Si2. The standard InChI is InChI=1S/C75H95F4N3O2S6Si2/c1-13-22-27-28-33-49-35-50(59-62-58(74(83)82(12)75(62)84)44(11)67-68(59)81-90-80-67)86-69(49)53-38-57-73(89-53)72-56(92(57,41-47(20-8)31-25-16-4)42-48(21-9)32-26-17-5)37-52(88-72)61-65(78)63(76)60(64(77)66(61)79)51-36-55-71(87-51)70-54(34-43(10)85-70)91(55,39-45(18-6)29-23-14-2)40-46(19-7)30-24-15-3/h34-38,45-48H,13-33,39-42H2,1-12H3. The number of halogens is 4. The maximum absolute atomic E-state index is 17.9. The summed E-state index contributed by atoms with van der Waals surface area (Å²) in [5, 5.41) is 5.23. The molecule has 0 saturated carbocycles. The highest BCUT2D eigenvalue weighted by Gasteiger charge is 2.53. The van der Waals surface area contributed by atoms with Gasteiger partial charge in [0.1, 0.15) is 27.2 Å². The Morgan fingerprint density at radius 2 is 0.804 bits per heavy atom. The number of nitrogens with zero attached hydrogens (tertiary/aromatic N) is 3. The quantitative estimate of drug-likeness (QED) is 0.0135. The Kier molecular flexibility index (Phi) is 22.2. The third-order valence-electron chi connectivity index (χ3n) is 21.6. The fraction of sp³-hybridized carbons (Fsp3) is 0.547. The van der Waals surface area contributed by atoms with E-state index < -0.39 is 50.5 Å². The van der Waals surface area contributed by atoms with Gasteiger partial charge < -0.3 is 0 Å². The largest absolute Gasteiger partial charge is 0.277 e. The molecule has 494 valence electrons. The summed E-state index contributed by atoms with van der Waals surface area (Å²) in [6, 6.07) is 15.3. The molecule has 0 saturated heterocycles. The van der Waals surface area contributed by atoms with Crippen molar-refractivity contribution >= 4 is 128 Å². The molecule has 92 heavy (non-hydrogen) atoms. The molecule has 0 fully saturated rings. The molecule has 2 amide bonds. The number of carbonyl (C=O) groups excluding carboxylic acids is 2. The summed E-state index contributed by atoms with van der Waals surface area (Å²) in [4.78, 5) is 38.5. The van der Waals surface area contributed by atoms with Gasteiger partial charge in [-0.3, -0.25) is 14.5 Å². The van der Waals surface area contributed by atoms with Gasteiger partial charge in [0.15, 0.2) is 23.3 Å². The first-order valence-corrected chi connectivity index (χ1v) is 44.7. The number of rotatable bonds is 33. The van der Waals surface area contributed by atoms with Crippen LogP contribution in [-0.4, -0.2) is 48.7 Å². The molecule has 3 aliphatic rings. The molecule has 0 spiro atoms. The molecule has 4 atom stereocenters. The lowest BCUT2D eigenvalue weighted by Gasteiger charge is -2.35. The van der Waals surface area contributed by atoms with Crippen molar-refractivity contribution in [3.63, 3.8) is 0 Å². The van der Waals surface area contributed by atoms with E-state index in [-0.39, 0.29) is 21.6 Å². The van der Waals surface area contributed by atoms with Gasteiger partial charge in [-0.2, -0.15) is 8.75 Å². The summed E-state index contributed by atoms with van der Waals surface area (Å²) in [7, 11) is -3.87. The van der Waals surface area contributed by atoms with E-state index in [0.717, 1.165) is 205 Å². The van der Waals surface area contributed by atoms with E-state index in [1.54, 1.807) is 41.1 Å². The van der Waals surface area contributed by atoms with E-state index in [2.05, 4.69) is 91.8 Å². The minimum absolute atomic E-state index is 0.248. The van der Waals surface area contributed by atoms with Crippen LogP contribution in [0.2, 0.25) is 24.2 Å². The molecule has 0 radical (unpaired) electrons. The third-order valence-corrected chi connectivity index (χ3v) is 39.8. The SMILES string of the molecule is CCCCCCc1cc(-c2c3c(c(C)c4nsnc24)C(=O)N(C)C3=O)sc1-c1cc2c(s1)-c1sc(-c3c(F)c(F)c(-c4cc5c(s4)-c4sc(C)cc4[Si]5(CC(CC)CCCC)CC(CC)CCCC)c(F)c3F)cc1[Si]2(CC(CC)CCCC)CC(CC)CCCC. The van der Waals surface area contributed by atoms with Gasteiger partial charge in [0, 0.05) is 61.4 Å². The first kappa shape index (κ1) is 69.4. The highest BCUT2D eigenvalue weighted by molar-refractivity contribution is 7.33. The average molecular weight is 1400 g/mol. The summed E-state index contributed by atoms with van der Waals surface area (Å²) in [6.07, 6.45) is 22.7. The molecule has 0 bridgehead atoms. The van der Waals surface area contributed by atoms with E-state index in [4.69, 9.17) is 4.37 Å². The van der Waals surface area contributed by atoms with E-state index in [1.165, 1.54) is 58.5 Å². The lowest BCUT2D eigenvalue weighted by molar-refractivity contribution is 0.0693. The zero-order chi connectivity index (χ0) is 65.5. The number of fused-ring (bicyclic) bond motifs is 8. The van der Waals surface area contributed by atoms with Crippen LogP contribution in [0.5, 0.6) is 0 Å². The second kappa shape index (κ2) is 29.4. The van der Waals surface area contributed by atoms with Gasteiger partial charge in [-0.15, -0.1) is 56.7 Å². The molecule has 4 unspecified atom stereocenters. The highest BCUT2D eigenvalue weighted by Crippen LogP contribution is 2.55. The Morgan fingerprint density at radius 3 is 1.25 bits per heavy atom. The number of aromatic nitrogens is 2. The topological polar surface area (TPSA) is 63.2 Å². The lowest BCUT2D eigenvalue weighted by atomic mass is 9.94. The van der Waals surface area contributed by atoms with E-state index in [0.29, 0.717) is 57.0 Å². The molecule has 0 N–H and O–H groups in total. The van der Waals surface area contributed by atoms with Gasteiger partial charge in [0.2, 0.25) is 0 Å². The molecule has 2 aromatic carbocycles. The normalized spacial score (nSPS) is 17.9. The number of aryl methyl sites for hydroxylation is 3. The summed E-state index contributed by atoms with van der Waals surface area (Å²) in [6.45, 7) is 24.5. The van der Waals surface area contributed by atoms with E-state index in [9.17, 15) is 9.59 Å². The third kappa shape index (κ3) is 12.4. The van der Waals surface area contributed by atoms with E-state index in [1.807, 2.05) is 19.1 Å². The van der Waals surface area contributed by atoms with Crippen LogP contribution in [0.25, 0.3) is 71.6 Å². The van der Waals surface area contributed by atoms with Crippen molar-refractivity contribution in [1.82, 2.24) is 13.6 Å². The van der Waals surface area contributed by atoms with Crippen molar-refractivity contribution in [2.75, 3.05) is 7.05 Å². The molecule has 9 heterocycles. The van der Waals surface area contributed by atoms with E-state index >= 15 is 17.6 Å². The van der Waals surface area contributed by atoms with Crippen LogP contribution in [0.3, 0.4) is 0 Å². The Hall–Kier alpha value is -3.95. The highest BCUT2D eigenvalue weighted by atomic mass is 32.1. The molecular weight excluding hydrogens is 1300 g/mol. The fourth-order valence-electron chi connectivity index (χ4n) is 16.3. The van der Waals surface area contributed by atoms with Crippen LogP contribution in [0, 0.1) is 60.8 Å². The Morgan fingerprint density at radius 1 is 0.424 bits per heavy atom. The maximum atomic E-state index is 17.9. The number of benzene rings is 2. The molecule has 5 nitrogen and oxygen atoms in total. The van der Waals surface area contributed by atoms with Crippen molar-refractivity contribution < 1.29 is 27.2 Å².